The summed E-state index contributed by atoms with van der Waals surface area (Å²) in [5.74, 6) is -0.702. The average molecular weight is 249 g/mol. The molecule has 2 N–H and O–H groups in total. The first-order valence-corrected chi connectivity index (χ1v) is 5.96. The number of hydrogen-bond donors (Lipinski definition) is 1. The molecular formula is C7H14F3NO3S. The first-order chi connectivity index (χ1) is 6.60. The van der Waals surface area contributed by atoms with Crippen molar-refractivity contribution in [3.8, 4) is 0 Å². The Kier molecular flexibility index (Phi) is 5.54. The summed E-state index contributed by atoms with van der Waals surface area (Å²) in [6, 6.07) is 0. The molecule has 0 aliphatic carbocycles. The fraction of sp³-hybridized carbons (Fsp3) is 1.00. The molecule has 0 saturated carbocycles. The van der Waals surface area contributed by atoms with E-state index in [4.69, 9.17) is 5.14 Å². The van der Waals surface area contributed by atoms with Gasteiger partial charge in [-0.15, -0.1) is 0 Å². The van der Waals surface area contributed by atoms with Crippen LogP contribution >= 0.6 is 0 Å². The molecule has 0 aliphatic rings. The van der Waals surface area contributed by atoms with Crippen LogP contribution in [0, 0.1) is 5.92 Å². The van der Waals surface area contributed by atoms with Gasteiger partial charge in [0.1, 0.15) is 0 Å². The average Bonchev–Trinajstić information content (AvgIpc) is 1.92. The fourth-order valence-electron chi connectivity index (χ4n) is 0.917. The summed E-state index contributed by atoms with van der Waals surface area (Å²) in [4.78, 5) is 0. The van der Waals surface area contributed by atoms with Gasteiger partial charge in [0.05, 0.1) is 25.4 Å². The molecule has 0 rings (SSSR count). The standard InChI is InChI=1S/C7H14F3NO3S/c1-6(5-15(11,12)13)4-14-3-2-7(8,9)10/h6H,2-5H2,1H3,(H2,11,12,13). The molecule has 0 aromatic heterocycles. The third kappa shape index (κ3) is 11.6. The minimum atomic E-state index is -4.25. The second-order valence-electron chi connectivity index (χ2n) is 3.37. The Morgan fingerprint density at radius 2 is 1.93 bits per heavy atom. The predicted octanol–water partition coefficient (Wildman–Crippen LogP) is 0.880. The normalized spacial score (nSPS) is 15.3. The molecule has 4 nitrogen and oxygen atoms in total. The van der Waals surface area contributed by atoms with Crippen LogP contribution in [0.25, 0.3) is 0 Å². The van der Waals surface area contributed by atoms with Gasteiger partial charge in [-0.2, -0.15) is 13.2 Å². The molecule has 0 amide bonds. The number of rotatable bonds is 6. The Morgan fingerprint density at radius 1 is 1.40 bits per heavy atom. The molecule has 0 bridgehead atoms. The molecule has 15 heavy (non-hydrogen) atoms. The zero-order valence-corrected chi connectivity index (χ0v) is 9.07. The molecule has 0 heterocycles. The second kappa shape index (κ2) is 5.66. The van der Waals surface area contributed by atoms with E-state index >= 15 is 0 Å². The maximum absolute atomic E-state index is 11.7. The third-order valence-corrected chi connectivity index (χ3v) is 2.48. The molecule has 1 unspecified atom stereocenters. The first-order valence-electron chi connectivity index (χ1n) is 4.25. The molecule has 0 aliphatic heterocycles. The lowest BCUT2D eigenvalue weighted by Gasteiger charge is -2.11. The largest absolute Gasteiger partial charge is 0.391 e. The van der Waals surface area contributed by atoms with E-state index in [2.05, 4.69) is 4.74 Å². The summed E-state index contributed by atoms with van der Waals surface area (Å²) in [5.41, 5.74) is 0. The summed E-state index contributed by atoms with van der Waals surface area (Å²) in [6.45, 7) is 1.03. The van der Waals surface area contributed by atoms with Crippen LogP contribution in [0.15, 0.2) is 0 Å². The lowest BCUT2D eigenvalue weighted by Crippen LogP contribution is -2.24. The number of alkyl halides is 3. The molecule has 0 aromatic rings. The van der Waals surface area contributed by atoms with E-state index in [1.54, 1.807) is 0 Å². The number of nitrogens with two attached hydrogens (primary N) is 1. The predicted molar refractivity (Wildman–Crippen MR) is 48.6 cm³/mol. The van der Waals surface area contributed by atoms with Gasteiger partial charge < -0.3 is 4.74 Å². The molecule has 0 aromatic carbocycles. The molecule has 92 valence electrons. The fourth-order valence-corrected chi connectivity index (χ4v) is 1.81. The van der Waals surface area contributed by atoms with Crippen molar-refractivity contribution in [1.29, 1.82) is 0 Å². The van der Waals surface area contributed by atoms with Gasteiger partial charge in [0.25, 0.3) is 0 Å². The number of primary sulfonamides is 1. The van der Waals surface area contributed by atoms with E-state index in [1.165, 1.54) is 6.92 Å². The minimum absolute atomic E-state index is 0.0491. The minimum Gasteiger partial charge on any atom is -0.381 e. The maximum Gasteiger partial charge on any atom is 0.391 e. The highest BCUT2D eigenvalue weighted by atomic mass is 32.2. The monoisotopic (exact) mass is 249 g/mol. The summed E-state index contributed by atoms with van der Waals surface area (Å²) in [6.07, 6.45) is -5.28. The number of sulfonamides is 1. The van der Waals surface area contributed by atoms with Crippen LogP contribution in [0.2, 0.25) is 0 Å². The Morgan fingerprint density at radius 3 is 2.33 bits per heavy atom. The Labute approximate surface area is 86.6 Å². The zero-order chi connectivity index (χ0) is 12.1. The van der Waals surface area contributed by atoms with Crippen LogP contribution in [0.5, 0.6) is 0 Å². The highest BCUT2D eigenvalue weighted by Gasteiger charge is 2.26. The molecule has 0 spiro atoms. The van der Waals surface area contributed by atoms with Crippen molar-refractivity contribution in [2.45, 2.75) is 19.5 Å². The number of halogens is 3. The van der Waals surface area contributed by atoms with Gasteiger partial charge in [-0.1, -0.05) is 6.92 Å². The van der Waals surface area contributed by atoms with Crippen LogP contribution < -0.4 is 5.14 Å². The zero-order valence-electron chi connectivity index (χ0n) is 8.25. The quantitative estimate of drug-likeness (QED) is 0.710. The molecule has 0 fully saturated rings. The molecule has 8 heteroatoms. The molecule has 1 atom stereocenters. The Balaban J connectivity index is 3.61. The summed E-state index contributed by atoms with van der Waals surface area (Å²) < 4.78 is 60.8. The van der Waals surface area contributed by atoms with Crippen LogP contribution in [-0.2, 0) is 14.8 Å². The third-order valence-electron chi connectivity index (χ3n) is 1.45. The lowest BCUT2D eigenvalue weighted by atomic mass is 10.2. The maximum atomic E-state index is 11.7. The van der Waals surface area contributed by atoms with Gasteiger partial charge >= 0.3 is 6.18 Å². The van der Waals surface area contributed by atoms with Crippen LogP contribution in [-0.4, -0.2) is 33.6 Å². The SMILES string of the molecule is CC(COCCC(F)(F)F)CS(N)(=O)=O. The van der Waals surface area contributed by atoms with E-state index in [0.29, 0.717) is 0 Å². The van der Waals surface area contributed by atoms with Crippen molar-refractivity contribution in [3.63, 3.8) is 0 Å². The summed E-state index contributed by atoms with van der Waals surface area (Å²) in [7, 11) is -3.59. The van der Waals surface area contributed by atoms with Crippen molar-refractivity contribution in [3.05, 3.63) is 0 Å². The van der Waals surface area contributed by atoms with Gasteiger partial charge in [-0.25, -0.2) is 13.6 Å². The van der Waals surface area contributed by atoms with Crippen LogP contribution in [0.3, 0.4) is 0 Å². The van der Waals surface area contributed by atoms with Crippen molar-refractivity contribution in [2.24, 2.45) is 11.1 Å². The second-order valence-corrected chi connectivity index (χ2v) is 5.03. The van der Waals surface area contributed by atoms with Crippen LogP contribution in [0.1, 0.15) is 13.3 Å². The highest BCUT2D eigenvalue weighted by molar-refractivity contribution is 7.89. The van der Waals surface area contributed by atoms with Gasteiger partial charge in [-0.3, -0.25) is 0 Å². The van der Waals surface area contributed by atoms with Gasteiger partial charge in [-0.05, 0) is 5.92 Å². The topological polar surface area (TPSA) is 69.4 Å². The van der Waals surface area contributed by atoms with Crippen molar-refractivity contribution in [2.75, 3.05) is 19.0 Å². The van der Waals surface area contributed by atoms with E-state index in [9.17, 15) is 21.6 Å². The van der Waals surface area contributed by atoms with Crippen molar-refractivity contribution >= 4 is 10.0 Å². The smallest absolute Gasteiger partial charge is 0.381 e. The molecule has 0 radical (unpaired) electrons. The Hall–Kier alpha value is -0.340. The van der Waals surface area contributed by atoms with Gasteiger partial charge in [0, 0.05) is 0 Å². The van der Waals surface area contributed by atoms with Gasteiger partial charge in [0.15, 0.2) is 0 Å². The van der Waals surface area contributed by atoms with E-state index < -0.39 is 35.1 Å². The summed E-state index contributed by atoms with van der Waals surface area (Å²) >= 11 is 0. The van der Waals surface area contributed by atoms with E-state index in [1.807, 2.05) is 0 Å². The van der Waals surface area contributed by atoms with Crippen molar-refractivity contribution < 1.29 is 26.3 Å². The van der Waals surface area contributed by atoms with E-state index in [-0.39, 0.29) is 12.4 Å². The number of ether oxygens (including phenoxy) is 1. The van der Waals surface area contributed by atoms with Gasteiger partial charge in [0.2, 0.25) is 10.0 Å². The summed E-state index contributed by atoms with van der Waals surface area (Å²) in [5, 5.41) is 4.75. The van der Waals surface area contributed by atoms with Crippen molar-refractivity contribution in [1.82, 2.24) is 0 Å². The lowest BCUT2D eigenvalue weighted by molar-refractivity contribution is -0.145. The van der Waals surface area contributed by atoms with E-state index in [0.717, 1.165) is 0 Å². The first kappa shape index (κ1) is 14.7. The molecule has 0 saturated heterocycles. The highest BCUT2D eigenvalue weighted by Crippen LogP contribution is 2.19. The molecular weight excluding hydrogens is 235 g/mol. The number of hydrogen-bond acceptors (Lipinski definition) is 3. The van der Waals surface area contributed by atoms with Crippen LogP contribution in [0.4, 0.5) is 13.2 Å². The Bertz CT molecular complexity index is 276.